The van der Waals surface area contributed by atoms with E-state index in [2.05, 4.69) is 10.3 Å². The van der Waals surface area contributed by atoms with Gasteiger partial charge in [-0.25, -0.2) is 13.4 Å². The summed E-state index contributed by atoms with van der Waals surface area (Å²) in [7, 11) is -2.93. The van der Waals surface area contributed by atoms with Gasteiger partial charge in [0.2, 0.25) is 0 Å². The van der Waals surface area contributed by atoms with E-state index < -0.39 is 9.84 Å². The SMILES string of the molecule is CC1CS(=O)(=O)CCN1c1ncc(CNC2CC2)cc1Cl. The second kappa shape index (κ2) is 5.74. The van der Waals surface area contributed by atoms with Crippen LogP contribution in [0.3, 0.4) is 0 Å². The molecule has 21 heavy (non-hydrogen) atoms. The van der Waals surface area contributed by atoms with E-state index in [1.807, 2.05) is 24.1 Å². The van der Waals surface area contributed by atoms with Crippen LogP contribution in [0.4, 0.5) is 5.82 Å². The highest BCUT2D eigenvalue weighted by molar-refractivity contribution is 7.91. The number of aromatic nitrogens is 1. The maximum absolute atomic E-state index is 11.6. The number of nitrogens with zero attached hydrogens (tertiary/aromatic N) is 2. The van der Waals surface area contributed by atoms with Gasteiger partial charge in [0.15, 0.2) is 9.84 Å². The van der Waals surface area contributed by atoms with Crippen molar-refractivity contribution in [3.05, 3.63) is 22.8 Å². The molecule has 1 atom stereocenters. The molecule has 3 rings (SSSR count). The number of hydrogen-bond donors (Lipinski definition) is 1. The summed E-state index contributed by atoms with van der Waals surface area (Å²) in [6.07, 6.45) is 4.32. The number of sulfone groups is 1. The molecule has 1 aliphatic heterocycles. The molecule has 0 radical (unpaired) electrons. The number of nitrogens with one attached hydrogen (secondary N) is 1. The van der Waals surface area contributed by atoms with Gasteiger partial charge in [0.05, 0.1) is 16.5 Å². The highest BCUT2D eigenvalue weighted by Gasteiger charge is 2.30. The van der Waals surface area contributed by atoms with E-state index in [4.69, 9.17) is 11.6 Å². The predicted molar refractivity (Wildman–Crippen MR) is 84.6 cm³/mol. The molecule has 0 spiro atoms. The van der Waals surface area contributed by atoms with E-state index in [1.54, 1.807) is 0 Å². The Morgan fingerprint density at radius 3 is 2.86 bits per heavy atom. The zero-order chi connectivity index (χ0) is 15.0. The van der Waals surface area contributed by atoms with Gasteiger partial charge in [0.25, 0.3) is 0 Å². The number of halogens is 1. The van der Waals surface area contributed by atoms with Crippen molar-refractivity contribution in [2.24, 2.45) is 0 Å². The van der Waals surface area contributed by atoms with Crippen molar-refractivity contribution < 1.29 is 8.42 Å². The molecule has 1 aromatic rings. The Hall–Kier alpha value is -0.850. The van der Waals surface area contributed by atoms with Crippen LogP contribution < -0.4 is 10.2 Å². The Bertz CT molecular complexity index is 631. The topological polar surface area (TPSA) is 62.3 Å². The molecule has 1 unspecified atom stereocenters. The molecule has 1 aromatic heterocycles. The summed E-state index contributed by atoms with van der Waals surface area (Å²) in [6.45, 7) is 3.13. The minimum atomic E-state index is -2.93. The zero-order valence-corrected chi connectivity index (χ0v) is 13.6. The Balaban J connectivity index is 1.72. The second-order valence-corrected chi connectivity index (χ2v) is 8.60. The maximum atomic E-state index is 11.6. The van der Waals surface area contributed by atoms with Crippen molar-refractivity contribution in [3.8, 4) is 0 Å². The first-order chi connectivity index (χ1) is 9.94. The summed E-state index contributed by atoms with van der Waals surface area (Å²) in [5.41, 5.74) is 1.06. The van der Waals surface area contributed by atoms with Crippen LogP contribution in [0.25, 0.3) is 0 Å². The summed E-state index contributed by atoms with van der Waals surface area (Å²) in [4.78, 5) is 6.45. The van der Waals surface area contributed by atoms with Crippen molar-refractivity contribution in [1.29, 1.82) is 0 Å². The van der Waals surface area contributed by atoms with E-state index >= 15 is 0 Å². The van der Waals surface area contributed by atoms with E-state index in [0.717, 1.165) is 12.1 Å². The normalized spacial score (nSPS) is 25.0. The first-order valence-electron chi connectivity index (χ1n) is 7.29. The molecule has 116 valence electrons. The van der Waals surface area contributed by atoms with Gasteiger partial charge >= 0.3 is 0 Å². The molecule has 2 heterocycles. The van der Waals surface area contributed by atoms with Gasteiger partial charge in [-0.3, -0.25) is 0 Å². The molecule has 0 bridgehead atoms. The molecule has 1 aliphatic carbocycles. The Morgan fingerprint density at radius 1 is 1.48 bits per heavy atom. The molecule has 0 amide bonds. The minimum Gasteiger partial charge on any atom is -0.351 e. The van der Waals surface area contributed by atoms with E-state index in [1.165, 1.54) is 12.8 Å². The lowest BCUT2D eigenvalue weighted by atomic mass is 10.2. The van der Waals surface area contributed by atoms with Gasteiger partial charge < -0.3 is 10.2 Å². The third kappa shape index (κ3) is 3.67. The number of rotatable bonds is 4. The van der Waals surface area contributed by atoms with Crippen molar-refractivity contribution in [1.82, 2.24) is 10.3 Å². The first-order valence-corrected chi connectivity index (χ1v) is 9.49. The summed E-state index contributed by atoms with van der Waals surface area (Å²) in [6, 6.07) is 2.48. The van der Waals surface area contributed by atoms with Crippen molar-refractivity contribution in [2.45, 2.75) is 38.4 Å². The van der Waals surface area contributed by atoms with E-state index in [9.17, 15) is 8.42 Å². The molecule has 2 aliphatic rings. The molecule has 2 fully saturated rings. The van der Waals surface area contributed by atoms with Crippen LogP contribution in [-0.2, 0) is 16.4 Å². The van der Waals surface area contributed by atoms with Crippen LogP contribution in [0.5, 0.6) is 0 Å². The lowest BCUT2D eigenvalue weighted by molar-refractivity contribution is 0.566. The fraction of sp³-hybridized carbons (Fsp3) is 0.643. The molecule has 0 aromatic carbocycles. The maximum Gasteiger partial charge on any atom is 0.154 e. The quantitative estimate of drug-likeness (QED) is 0.909. The van der Waals surface area contributed by atoms with Crippen LogP contribution >= 0.6 is 11.6 Å². The highest BCUT2D eigenvalue weighted by atomic mass is 35.5. The molecule has 7 heteroatoms. The number of pyridine rings is 1. The molecule has 1 saturated heterocycles. The van der Waals surface area contributed by atoms with Crippen molar-refractivity contribution in [2.75, 3.05) is 23.0 Å². The third-order valence-electron chi connectivity index (χ3n) is 3.99. The molecule has 5 nitrogen and oxygen atoms in total. The van der Waals surface area contributed by atoms with Gasteiger partial charge in [0, 0.05) is 31.4 Å². The van der Waals surface area contributed by atoms with Crippen LogP contribution in [-0.4, -0.2) is 43.5 Å². The van der Waals surface area contributed by atoms with Gasteiger partial charge in [0.1, 0.15) is 5.82 Å². The number of anilines is 1. The Kier molecular flexibility index (Phi) is 4.12. The van der Waals surface area contributed by atoms with Gasteiger partial charge in [-0.1, -0.05) is 11.6 Å². The molecule has 1 saturated carbocycles. The monoisotopic (exact) mass is 329 g/mol. The van der Waals surface area contributed by atoms with Crippen LogP contribution in [0.1, 0.15) is 25.3 Å². The standard InChI is InChI=1S/C14H20ClN3O2S/c1-10-9-21(19,20)5-4-18(10)14-13(15)6-11(8-17-14)7-16-12-2-3-12/h6,8,10,12,16H,2-5,7,9H2,1H3. The zero-order valence-electron chi connectivity index (χ0n) is 12.0. The van der Waals surface area contributed by atoms with Crippen molar-refractivity contribution in [3.63, 3.8) is 0 Å². The van der Waals surface area contributed by atoms with E-state index in [0.29, 0.717) is 23.4 Å². The van der Waals surface area contributed by atoms with Crippen LogP contribution in [0, 0.1) is 0 Å². The minimum absolute atomic E-state index is 0.0933. The van der Waals surface area contributed by atoms with Gasteiger partial charge in [-0.15, -0.1) is 0 Å². The average molecular weight is 330 g/mol. The largest absolute Gasteiger partial charge is 0.351 e. The Morgan fingerprint density at radius 2 is 2.24 bits per heavy atom. The lowest BCUT2D eigenvalue weighted by Crippen LogP contribution is -2.47. The predicted octanol–water partition coefficient (Wildman–Crippen LogP) is 1.61. The van der Waals surface area contributed by atoms with E-state index in [-0.39, 0.29) is 17.5 Å². The fourth-order valence-electron chi connectivity index (χ4n) is 2.64. The summed E-state index contributed by atoms with van der Waals surface area (Å²) < 4.78 is 23.3. The van der Waals surface area contributed by atoms with Crippen molar-refractivity contribution >= 4 is 27.3 Å². The summed E-state index contributed by atoms with van der Waals surface area (Å²) in [5.74, 6) is 1.02. The summed E-state index contributed by atoms with van der Waals surface area (Å²) in [5, 5.41) is 4.02. The first kappa shape index (κ1) is 15.1. The average Bonchev–Trinajstić information content (AvgIpc) is 3.21. The third-order valence-corrected chi connectivity index (χ3v) is 6.07. The fourth-order valence-corrected chi connectivity index (χ4v) is 4.50. The molecular weight excluding hydrogens is 310 g/mol. The number of hydrogen-bond acceptors (Lipinski definition) is 5. The second-order valence-electron chi connectivity index (χ2n) is 5.96. The Labute approximate surface area is 130 Å². The molecular formula is C14H20ClN3O2S. The highest BCUT2D eigenvalue weighted by Crippen LogP contribution is 2.28. The smallest absolute Gasteiger partial charge is 0.154 e. The summed E-state index contributed by atoms with van der Waals surface area (Å²) >= 11 is 6.35. The molecule has 1 N–H and O–H groups in total. The van der Waals surface area contributed by atoms with Gasteiger partial charge in [-0.2, -0.15) is 0 Å². The van der Waals surface area contributed by atoms with Gasteiger partial charge in [-0.05, 0) is 31.4 Å². The lowest BCUT2D eigenvalue weighted by Gasteiger charge is -2.34. The van der Waals surface area contributed by atoms with Crippen LogP contribution in [0.15, 0.2) is 12.3 Å². The van der Waals surface area contributed by atoms with Crippen LogP contribution in [0.2, 0.25) is 5.02 Å².